The van der Waals surface area contributed by atoms with Crippen molar-refractivity contribution in [1.82, 2.24) is 10.6 Å². The van der Waals surface area contributed by atoms with E-state index in [-0.39, 0.29) is 30.2 Å². The molecule has 0 rings (SSSR count). The number of carbonyl (C=O) groups is 2. The molecule has 0 aliphatic carbocycles. The van der Waals surface area contributed by atoms with Gasteiger partial charge in [0, 0.05) is 25.4 Å². The number of rotatable bonds is 6. The summed E-state index contributed by atoms with van der Waals surface area (Å²) in [6, 6.07) is 0.227. The van der Waals surface area contributed by atoms with E-state index in [1.165, 1.54) is 0 Å². The van der Waals surface area contributed by atoms with Crippen LogP contribution in [0.5, 0.6) is 0 Å². The number of amides is 2. The Kier molecular flexibility index (Phi) is 6.75. The lowest BCUT2D eigenvalue weighted by Crippen LogP contribution is -2.38. The standard InChI is InChI=1S/C11H22N2O2/c1-5-9(6-2)13-11(15)8(3)7-10(14)12-4/h8-9H,5-7H2,1-4H3,(H,12,14)(H,13,15). The zero-order valence-electron chi connectivity index (χ0n) is 10.1. The van der Waals surface area contributed by atoms with Crippen LogP contribution in [0.25, 0.3) is 0 Å². The monoisotopic (exact) mass is 214 g/mol. The SMILES string of the molecule is CCC(CC)NC(=O)C(C)CC(=O)NC. The van der Waals surface area contributed by atoms with E-state index in [4.69, 9.17) is 0 Å². The van der Waals surface area contributed by atoms with Gasteiger partial charge in [0.25, 0.3) is 0 Å². The van der Waals surface area contributed by atoms with E-state index in [1.54, 1.807) is 14.0 Å². The summed E-state index contributed by atoms with van der Waals surface area (Å²) < 4.78 is 0. The van der Waals surface area contributed by atoms with Crippen molar-refractivity contribution in [2.75, 3.05) is 7.05 Å². The molecule has 0 radical (unpaired) electrons. The number of nitrogens with one attached hydrogen (secondary N) is 2. The van der Waals surface area contributed by atoms with Gasteiger partial charge in [-0.3, -0.25) is 9.59 Å². The van der Waals surface area contributed by atoms with Crippen molar-refractivity contribution in [2.24, 2.45) is 5.92 Å². The molecule has 0 aromatic rings. The van der Waals surface area contributed by atoms with Gasteiger partial charge in [0.1, 0.15) is 0 Å². The highest BCUT2D eigenvalue weighted by Crippen LogP contribution is 2.04. The third-order valence-corrected chi connectivity index (χ3v) is 2.55. The summed E-state index contributed by atoms with van der Waals surface area (Å²) in [6.07, 6.45) is 2.10. The quantitative estimate of drug-likeness (QED) is 0.694. The van der Waals surface area contributed by atoms with E-state index in [9.17, 15) is 9.59 Å². The summed E-state index contributed by atoms with van der Waals surface area (Å²) in [6.45, 7) is 5.85. The third-order valence-electron chi connectivity index (χ3n) is 2.55. The summed E-state index contributed by atoms with van der Waals surface area (Å²) in [7, 11) is 1.58. The number of carbonyl (C=O) groups excluding carboxylic acids is 2. The second kappa shape index (κ2) is 7.26. The predicted octanol–water partition coefficient (Wildman–Crippen LogP) is 1.06. The van der Waals surface area contributed by atoms with Crippen molar-refractivity contribution >= 4 is 11.8 Å². The van der Waals surface area contributed by atoms with Crippen LogP contribution in [0.2, 0.25) is 0 Å². The zero-order chi connectivity index (χ0) is 11.8. The van der Waals surface area contributed by atoms with Crippen LogP contribution in [0.3, 0.4) is 0 Å². The molecule has 0 aliphatic heterocycles. The highest BCUT2D eigenvalue weighted by Gasteiger charge is 2.18. The highest BCUT2D eigenvalue weighted by atomic mass is 16.2. The average molecular weight is 214 g/mol. The molecule has 0 aromatic heterocycles. The van der Waals surface area contributed by atoms with Gasteiger partial charge in [-0.1, -0.05) is 20.8 Å². The van der Waals surface area contributed by atoms with Gasteiger partial charge in [-0.2, -0.15) is 0 Å². The second-order valence-electron chi connectivity index (χ2n) is 3.80. The number of hydrogen-bond acceptors (Lipinski definition) is 2. The topological polar surface area (TPSA) is 58.2 Å². The Bertz CT molecular complexity index is 213. The fraction of sp³-hybridized carbons (Fsp3) is 0.818. The predicted molar refractivity (Wildman–Crippen MR) is 60.4 cm³/mol. The molecular weight excluding hydrogens is 192 g/mol. The van der Waals surface area contributed by atoms with Crippen LogP contribution in [0.1, 0.15) is 40.0 Å². The van der Waals surface area contributed by atoms with Crippen LogP contribution in [-0.4, -0.2) is 24.9 Å². The summed E-state index contributed by atoms with van der Waals surface area (Å²) >= 11 is 0. The van der Waals surface area contributed by atoms with Crippen LogP contribution in [0.4, 0.5) is 0 Å². The first-order valence-electron chi connectivity index (χ1n) is 5.56. The molecule has 1 unspecified atom stereocenters. The van der Waals surface area contributed by atoms with Gasteiger partial charge in [0.15, 0.2) is 0 Å². The smallest absolute Gasteiger partial charge is 0.223 e. The van der Waals surface area contributed by atoms with Crippen LogP contribution in [0.15, 0.2) is 0 Å². The van der Waals surface area contributed by atoms with Gasteiger partial charge in [-0.15, -0.1) is 0 Å². The molecule has 2 N–H and O–H groups in total. The molecule has 0 aromatic carbocycles. The minimum atomic E-state index is -0.259. The Morgan fingerprint density at radius 2 is 1.73 bits per heavy atom. The first-order valence-corrected chi connectivity index (χ1v) is 5.56. The lowest BCUT2D eigenvalue weighted by molar-refractivity contribution is -0.130. The van der Waals surface area contributed by atoms with E-state index < -0.39 is 0 Å². The lowest BCUT2D eigenvalue weighted by atomic mass is 10.1. The molecule has 0 fully saturated rings. The van der Waals surface area contributed by atoms with Gasteiger partial charge in [0.05, 0.1) is 0 Å². The third kappa shape index (κ3) is 5.40. The summed E-state index contributed by atoms with van der Waals surface area (Å²) in [4.78, 5) is 22.7. The maximum atomic E-state index is 11.6. The minimum absolute atomic E-state index is 0.0349. The molecule has 15 heavy (non-hydrogen) atoms. The molecular formula is C11H22N2O2. The Balaban J connectivity index is 4.03. The van der Waals surface area contributed by atoms with Gasteiger partial charge >= 0.3 is 0 Å². The fourth-order valence-corrected chi connectivity index (χ4v) is 1.31. The van der Waals surface area contributed by atoms with Crippen molar-refractivity contribution < 1.29 is 9.59 Å². The summed E-state index contributed by atoms with van der Waals surface area (Å²) in [5.41, 5.74) is 0. The zero-order valence-corrected chi connectivity index (χ0v) is 10.1. The molecule has 0 bridgehead atoms. The normalized spacial score (nSPS) is 12.3. The second-order valence-corrected chi connectivity index (χ2v) is 3.80. The molecule has 0 spiro atoms. The average Bonchev–Trinajstić information content (AvgIpc) is 2.24. The molecule has 4 heteroatoms. The molecule has 0 saturated carbocycles. The highest BCUT2D eigenvalue weighted by molar-refractivity contribution is 5.85. The molecule has 2 amide bonds. The van der Waals surface area contributed by atoms with Crippen molar-refractivity contribution in [2.45, 2.75) is 46.1 Å². The largest absolute Gasteiger partial charge is 0.359 e. The maximum Gasteiger partial charge on any atom is 0.223 e. The first-order chi connectivity index (χ1) is 7.04. The van der Waals surface area contributed by atoms with Crippen molar-refractivity contribution in [3.8, 4) is 0 Å². The van der Waals surface area contributed by atoms with E-state index in [0.717, 1.165) is 12.8 Å². The summed E-state index contributed by atoms with van der Waals surface area (Å²) in [5, 5.41) is 5.44. The minimum Gasteiger partial charge on any atom is -0.359 e. The van der Waals surface area contributed by atoms with E-state index in [0.29, 0.717) is 0 Å². The van der Waals surface area contributed by atoms with Crippen molar-refractivity contribution in [1.29, 1.82) is 0 Å². The van der Waals surface area contributed by atoms with Crippen LogP contribution < -0.4 is 10.6 Å². The Morgan fingerprint density at radius 1 is 1.20 bits per heavy atom. The molecule has 1 atom stereocenters. The van der Waals surface area contributed by atoms with Crippen LogP contribution in [-0.2, 0) is 9.59 Å². The van der Waals surface area contributed by atoms with Gasteiger partial charge in [0.2, 0.25) is 11.8 Å². The van der Waals surface area contributed by atoms with E-state index >= 15 is 0 Å². The van der Waals surface area contributed by atoms with Crippen LogP contribution >= 0.6 is 0 Å². The molecule has 0 aliphatic rings. The van der Waals surface area contributed by atoms with Gasteiger partial charge < -0.3 is 10.6 Å². The lowest BCUT2D eigenvalue weighted by Gasteiger charge is -2.17. The Hall–Kier alpha value is -1.06. The molecule has 0 heterocycles. The Morgan fingerprint density at radius 3 is 2.13 bits per heavy atom. The maximum absolute atomic E-state index is 11.6. The molecule has 88 valence electrons. The van der Waals surface area contributed by atoms with Crippen molar-refractivity contribution in [3.63, 3.8) is 0 Å². The van der Waals surface area contributed by atoms with E-state index in [1.807, 2.05) is 13.8 Å². The molecule has 4 nitrogen and oxygen atoms in total. The Labute approximate surface area is 91.8 Å². The van der Waals surface area contributed by atoms with Gasteiger partial charge in [-0.05, 0) is 12.8 Å². The molecule has 0 saturated heterocycles. The van der Waals surface area contributed by atoms with E-state index in [2.05, 4.69) is 10.6 Å². The first kappa shape index (κ1) is 13.9. The van der Waals surface area contributed by atoms with Crippen molar-refractivity contribution in [3.05, 3.63) is 0 Å². The van der Waals surface area contributed by atoms with Gasteiger partial charge in [-0.25, -0.2) is 0 Å². The number of hydrogen-bond donors (Lipinski definition) is 2. The fourth-order valence-electron chi connectivity index (χ4n) is 1.31. The summed E-state index contributed by atoms with van der Waals surface area (Å²) in [5.74, 6) is -0.389. The van der Waals surface area contributed by atoms with Crippen LogP contribution in [0, 0.1) is 5.92 Å².